The van der Waals surface area contributed by atoms with Crippen LogP contribution in [0.15, 0.2) is 195 Å². The molecule has 0 saturated carbocycles. The monoisotopic (exact) mass is 820 g/mol. The normalized spacial score (nSPS) is 11.4. The van der Waals surface area contributed by atoms with Crippen LogP contribution in [0, 0.1) is 0 Å². The van der Waals surface area contributed by atoms with E-state index >= 15 is 0 Å². The maximum Gasteiger partial charge on any atom is 0.182 e. The predicted molar refractivity (Wildman–Crippen MR) is 252 cm³/mol. The van der Waals surface area contributed by atoms with E-state index in [-0.39, 0.29) is 0 Å². The van der Waals surface area contributed by atoms with Gasteiger partial charge in [-0.3, -0.25) is 19.9 Å². The molecule has 0 N–H and O–H groups in total. The molecule has 10 nitrogen and oxygen atoms in total. The van der Waals surface area contributed by atoms with E-state index < -0.39 is 0 Å². The first kappa shape index (κ1) is 36.8. The van der Waals surface area contributed by atoms with Crippen molar-refractivity contribution in [2.24, 2.45) is 0 Å². The van der Waals surface area contributed by atoms with E-state index in [0.717, 1.165) is 65.7 Å². The average molecular weight is 821 g/mol. The molecular weight excluding hydrogens is 789 g/mol. The summed E-state index contributed by atoms with van der Waals surface area (Å²) in [6.45, 7) is 0. The van der Waals surface area contributed by atoms with Crippen LogP contribution in [-0.2, 0) is 0 Å². The molecule has 6 aromatic carbocycles. The van der Waals surface area contributed by atoms with Gasteiger partial charge in [-0.05, 0) is 115 Å². The van der Waals surface area contributed by atoms with Crippen LogP contribution in [0.5, 0.6) is 0 Å². The summed E-state index contributed by atoms with van der Waals surface area (Å²) in [6.07, 6.45) is 6.98. The fourth-order valence-corrected chi connectivity index (χ4v) is 8.51. The van der Waals surface area contributed by atoms with Gasteiger partial charge in [0.05, 0.1) is 0 Å². The number of hydrogen-bond donors (Lipinski definition) is 0. The van der Waals surface area contributed by atoms with Crippen LogP contribution >= 0.6 is 0 Å². The Morgan fingerprint density at radius 3 is 0.812 bits per heavy atom. The minimum Gasteiger partial charge on any atom is -0.253 e. The fraction of sp³-hybridized carbons (Fsp3) is 0. The van der Waals surface area contributed by atoms with Gasteiger partial charge in [0.25, 0.3) is 0 Å². The Labute approximate surface area is 366 Å². The maximum absolute atomic E-state index is 5.17. The minimum atomic E-state index is 0.453. The van der Waals surface area contributed by atoms with Crippen LogP contribution in [0.3, 0.4) is 0 Å². The van der Waals surface area contributed by atoms with Gasteiger partial charge >= 0.3 is 0 Å². The zero-order valence-electron chi connectivity index (χ0n) is 33.9. The Morgan fingerprint density at radius 1 is 0.234 bits per heavy atom. The lowest BCUT2D eigenvalue weighted by Gasteiger charge is -2.21. The summed E-state index contributed by atoms with van der Waals surface area (Å²) in [6, 6.07) is 57.1. The van der Waals surface area contributed by atoms with Gasteiger partial charge in [0.2, 0.25) is 0 Å². The van der Waals surface area contributed by atoms with Gasteiger partial charge in [-0.2, -0.15) is 0 Å². The first-order valence-electron chi connectivity index (χ1n) is 20.8. The molecule has 12 aromatic rings. The first-order valence-corrected chi connectivity index (χ1v) is 20.8. The van der Waals surface area contributed by atoms with Crippen molar-refractivity contribution in [1.82, 2.24) is 49.8 Å². The van der Waals surface area contributed by atoms with E-state index in [1.54, 1.807) is 24.8 Å². The predicted octanol–water partition coefficient (Wildman–Crippen LogP) is 11.9. The summed E-state index contributed by atoms with van der Waals surface area (Å²) >= 11 is 0. The zero-order chi connectivity index (χ0) is 42.4. The molecule has 298 valence electrons. The summed E-state index contributed by atoms with van der Waals surface area (Å²) in [7, 11) is 0. The number of hydrogen-bond acceptors (Lipinski definition) is 10. The standard InChI is InChI=1S/C54H32N10/c1-3-15-33(16-4-1)39-31-41(49-59-51(43-19-7-11-27-55-43)63-52(60-49)44-20-8-12-28-56-44)37-26-24-36-40(34-17-5-2-6-18-34)32-42(38-25-23-35(39)47(37)48(36)38)50-61-53(45-21-9-13-29-57-45)64-54(62-50)46-22-10-14-30-58-46/h1-32H. The van der Waals surface area contributed by atoms with Crippen LogP contribution in [0.2, 0.25) is 0 Å². The number of benzene rings is 6. The van der Waals surface area contributed by atoms with Gasteiger partial charge in [-0.25, -0.2) is 29.9 Å². The van der Waals surface area contributed by atoms with Gasteiger partial charge in [-0.1, -0.05) is 109 Å². The van der Waals surface area contributed by atoms with E-state index in [9.17, 15) is 0 Å². The highest BCUT2D eigenvalue weighted by atomic mass is 15.1. The van der Waals surface area contributed by atoms with Crippen molar-refractivity contribution in [3.63, 3.8) is 0 Å². The van der Waals surface area contributed by atoms with Crippen molar-refractivity contribution in [1.29, 1.82) is 0 Å². The second-order valence-electron chi connectivity index (χ2n) is 15.2. The molecule has 6 heterocycles. The molecule has 0 fully saturated rings. The van der Waals surface area contributed by atoms with E-state index in [1.165, 1.54) is 0 Å². The largest absolute Gasteiger partial charge is 0.253 e. The van der Waals surface area contributed by atoms with Crippen molar-refractivity contribution in [2.75, 3.05) is 0 Å². The van der Waals surface area contributed by atoms with Crippen LogP contribution in [0.1, 0.15) is 0 Å². The van der Waals surface area contributed by atoms with Gasteiger partial charge < -0.3 is 0 Å². The Hall–Kier alpha value is -9.02. The Morgan fingerprint density at radius 2 is 0.516 bits per heavy atom. The molecule has 10 heteroatoms. The van der Waals surface area contributed by atoms with Crippen molar-refractivity contribution in [2.45, 2.75) is 0 Å². The summed E-state index contributed by atoms with van der Waals surface area (Å²) in [5.41, 5.74) is 8.43. The average Bonchev–Trinajstić information content (AvgIpc) is 3.39. The molecule has 0 amide bonds. The second-order valence-corrected chi connectivity index (χ2v) is 15.2. The molecule has 64 heavy (non-hydrogen) atoms. The Bertz CT molecular complexity index is 3280. The van der Waals surface area contributed by atoms with Crippen LogP contribution in [-0.4, -0.2) is 49.8 Å². The number of rotatable bonds is 8. The molecule has 0 spiro atoms. The lowest BCUT2D eigenvalue weighted by Crippen LogP contribution is -2.03. The molecular formula is C54H32N10. The van der Waals surface area contributed by atoms with Crippen LogP contribution in [0.25, 0.3) is 123 Å². The zero-order valence-corrected chi connectivity index (χ0v) is 33.9. The third-order valence-corrected chi connectivity index (χ3v) is 11.4. The van der Waals surface area contributed by atoms with E-state index in [4.69, 9.17) is 29.9 Å². The highest BCUT2D eigenvalue weighted by molar-refractivity contribution is 6.31. The van der Waals surface area contributed by atoms with Crippen molar-refractivity contribution in [3.05, 3.63) is 195 Å². The van der Waals surface area contributed by atoms with Gasteiger partial charge in [0, 0.05) is 35.9 Å². The molecule has 0 atom stereocenters. The van der Waals surface area contributed by atoms with Crippen molar-refractivity contribution in [3.8, 4) is 91.1 Å². The van der Waals surface area contributed by atoms with Gasteiger partial charge in [-0.15, -0.1) is 0 Å². The number of aromatic nitrogens is 10. The molecule has 0 saturated heterocycles. The molecule has 0 unspecified atom stereocenters. The summed E-state index contributed by atoms with van der Waals surface area (Å²) in [5, 5.41) is 6.26. The Balaban J connectivity index is 1.21. The number of nitrogens with zero attached hydrogens (tertiary/aromatic N) is 10. The van der Waals surface area contributed by atoms with Gasteiger partial charge in [0.1, 0.15) is 22.8 Å². The molecule has 0 radical (unpaired) electrons. The molecule has 0 bridgehead atoms. The molecule has 12 rings (SSSR count). The first-order chi connectivity index (χ1) is 31.7. The highest BCUT2D eigenvalue weighted by Gasteiger charge is 2.24. The third kappa shape index (κ3) is 6.45. The second kappa shape index (κ2) is 15.5. The summed E-state index contributed by atoms with van der Waals surface area (Å²) in [5.74, 6) is 2.83. The highest BCUT2D eigenvalue weighted by Crippen LogP contribution is 2.48. The SMILES string of the molecule is c1ccc(-c2cc(-c3nc(-c4ccccn4)nc(-c4ccccn4)n3)c3ccc4c(-c5ccccc5)cc(-c5nc(-c6ccccn6)nc(-c6ccccn6)n5)c5ccc2c3c45)cc1. The fourth-order valence-electron chi connectivity index (χ4n) is 8.51. The van der Waals surface area contributed by atoms with Crippen LogP contribution < -0.4 is 0 Å². The summed E-state index contributed by atoms with van der Waals surface area (Å²) < 4.78 is 0. The number of pyridine rings is 4. The summed E-state index contributed by atoms with van der Waals surface area (Å²) in [4.78, 5) is 49.1. The topological polar surface area (TPSA) is 129 Å². The minimum absolute atomic E-state index is 0.453. The Kier molecular flexibility index (Phi) is 8.89. The molecule has 6 aromatic heterocycles. The molecule has 0 aliphatic rings. The van der Waals surface area contributed by atoms with Crippen LogP contribution in [0.4, 0.5) is 0 Å². The van der Waals surface area contributed by atoms with E-state index in [1.807, 2.05) is 84.9 Å². The molecule has 0 aliphatic carbocycles. The van der Waals surface area contributed by atoms with E-state index in [2.05, 4.69) is 105 Å². The van der Waals surface area contributed by atoms with Crippen molar-refractivity contribution >= 4 is 32.3 Å². The quantitative estimate of drug-likeness (QED) is 0.137. The molecule has 0 aliphatic heterocycles. The third-order valence-electron chi connectivity index (χ3n) is 11.4. The lowest BCUT2D eigenvalue weighted by molar-refractivity contribution is 1.05. The maximum atomic E-state index is 5.17. The van der Waals surface area contributed by atoms with E-state index in [0.29, 0.717) is 57.7 Å². The van der Waals surface area contributed by atoms with Gasteiger partial charge in [0.15, 0.2) is 34.9 Å². The lowest BCUT2D eigenvalue weighted by atomic mass is 9.83. The van der Waals surface area contributed by atoms with Crippen molar-refractivity contribution < 1.29 is 0 Å². The smallest absolute Gasteiger partial charge is 0.182 e.